The lowest BCUT2D eigenvalue weighted by Crippen LogP contribution is -2.13. The van der Waals surface area contributed by atoms with E-state index in [0.29, 0.717) is 11.4 Å². The highest BCUT2D eigenvalue weighted by molar-refractivity contribution is 6.10. The first-order valence-corrected chi connectivity index (χ1v) is 6.04. The van der Waals surface area contributed by atoms with E-state index in [4.69, 9.17) is 10.5 Å². The largest absolute Gasteiger partial charge is 0.319 e. The van der Waals surface area contributed by atoms with E-state index in [2.05, 4.69) is 25.8 Å². The number of hydrogen-bond donors (Lipinski definition) is 2. The molecule has 0 unspecified atom stereocenters. The second-order valence-corrected chi connectivity index (χ2v) is 3.92. The van der Waals surface area contributed by atoms with Crippen LogP contribution in [0, 0.1) is 22.7 Å². The predicted molar refractivity (Wildman–Crippen MR) is 78.7 cm³/mol. The SMILES string of the molecule is N#CC(C#N)=NNc1ccc(C(=O)Nc2cccnc2)nc1. The smallest absolute Gasteiger partial charge is 0.274 e. The third kappa shape index (κ3) is 3.85. The van der Waals surface area contributed by atoms with Gasteiger partial charge in [0.25, 0.3) is 5.91 Å². The lowest BCUT2D eigenvalue weighted by atomic mass is 10.3. The second-order valence-electron chi connectivity index (χ2n) is 3.92. The summed E-state index contributed by atoms with van der Waals surface area (Å²) in [7, 11) is 0. The van der Waals surface area contributed by atoms with Gasteiger partial charge in [-0.05, 0) is 24.3 Å². The topological polar surface area (TPSA) is 127 Å². The number of amides is 1. The van der Waals surface area contributed by atoms with Crippen LogP contribution in [0.4, 0.5) is 11.4 Å². The summed E-state index contributed by atoms with van der Waals surface area (Å²) in [4.78, 5) is 19.8. The van der Waals surface area contributed by atoms with Crippen molar-refractivity contribution in [2.24, 2.45) is 5.10 Å². The van der Waals surface area contributed by atoms with Crippen LogP contribution in [0.1, 0.15) is 10.5 Å². The van der Waals surface area contributed by atoms with Crippen LogP contribution in [0.2, 0.25) is 0 Å². The molecular weight excluding hydrogens is 282 g/mol. The number of carbonyl (C=O) groups excluding carboxylic acids is 1. The molecule has 0 atom stereocenters. The molecule has 2 N–H and O–H groups in total. The van der Waals surface area contributed by atoms with E-state index >= 15 is 0 Å². The van der Waals surface area contributed by atoms with E-state index in [9.17, 15) is 4.79 Å². The Kier molecular flexibility index (Phi) is 4.74. The summed E-state index contributed by atoms with van der Waals surface area (Å²) < 4.78 is 0. The van der Waals surface area contributed by atoms with Gasteiger partial charge in [-0.2, -0.15) is 15.6 Å². The van der Waals surface area contributed by atoms with Gasteiger partial charge in [0, 0.05) is 6.20 Å². The van der Waals surface area contributed by atoms with Crippen molar-refractivity contribution in [2.75, 3.05) is 10.7 Å². The maximum absolute atomic E-state index is 11.9. The second kappa shape index (κ2) is 7.12. The van der Waals surface area contributed by atoms with Gasteiger partial charge < -0.3 is 5.32 Å². The number of anilines is 2. The van der Waals surface area contributed by atoms with E-state index in [1.165, 1.54) is 18.5 Å². The first kappa shape index (κ1) is 14.6. The molecule has 0 aromatic carbocycles. The van der Waals surface area contributed by atoms with E-state index in [-0.39, 0.29) is 17.3 Å². The molecule has 0 bridgehead atoms. The maximum Gasteiger partial charge on any atom is 0.274 e. The molecule has 0 aliphatic rings. The summed E-state index contributed by atoms with van der Waals surface area (Å²) in [5.41, 5.74) is 3.41. The minimum Gasteiger partial charge on any atom is -0.319 e. The molecule has 0 aliphatic carbocycles. The van der Waals surface area contributed by atoms with Gasteiger partial charge in [0.15, 0.2) is 0 Å². The van der Waals surface area contributed by atoms with Crippen LogP contribution in [0.25, 0.3) is 0 Å². The zero-order valence-electron chi connectivity index (χ0n) is 11.2. The molecule has 106 valence electrons. The summed E-state index contributed by atoms with van der Waals surface area (Å²) >= 11 is 0. The van der Waals surface area contributed by atoms with E-state index in [0.717, 1.165) is 0 Å². The monoisotopic (exact) mass is 291 g/mol. The highest BCUT2D eigenvalue weighted by atomic mass is 16.1. The summed E-state index contributed by atoms with van der Waals surface area (Å²) in [5.74, 6) is -0.377. The number of hydrazone groups is 1. The Labute approximate surface area is 125 Å². The fourth-order valence-corrected chi connectivity index (χ4v) is 1.42. The number of rotatable bonds is 4. The molecule has 0 aliphatic heterocycles. The summed E-state index contributed by atoms with van der Waals surface area (Å²) in [6, 6.07) is 9.69. The molecule has 0 spiro atoms. The Hall–Kier alpha value is -3.78. The summed E-state index contributed by atoms with van der Waals surface area (Å²) in [6.07, 6.45) is 4.49. The Morgan fingerprint density at radius 1 is 1.14 bits per heavy atom. The highest BCUT2D eigenvalue weighted by Gasteiger charge is 2.07. The van der Waals surface area contributed by atoms with E-state index in [1.807, 2.05) is 0 Å². The zero-order valence-corrected chi connectivity index (χ0v) is 11.2. The zero-order chi connectivity index (χ0) is 15.8. The molecule has 2 rings (SSSR count). The molecular formula is C14H9N7O. The van der Waals surface area contributed by atoms with E-state index < -0.39 is 0 Å². The minimum absolute atomic E-state index is 0.208. The van der Waals surface area contributed by atoms with Crippen molar-refractivity contribution >= 4 is 23.0 Å². The van der Waals surface area contributed by atoms with Crippen molar-refractivity contribution in [3.63, 3.8) is 0 Å². The van der Waals surface area contributed by atoms with Crippen molar-refractivity contribution in [3.05, 3.63) is 48.5 Å². The number of nitriles is 2. The third-order valence-electron chi connectivity index (χ3n) is 2.42. The molecule has 22 heavy (non-hydrogen) atoms. The first-order valence-electron chi connectivity index (χ1n) is 6.04. The fraction of sp³-hybridized carbons (Fsp3) is 0. The molecule has 8 nitrogen and oxygen atoms in total. The number of nitrogens with one attached hydrogen (secondary N) is 2. The number of hydrogen-bond acceptors (Lipinski definition) is 7. The average molecular weight is 291 g/mol. The Morgan fingerprint density at radius 2 is 1.95 bits per heavy atom. The molecule has 0 saturated carbocycles. The van der Waals surface area contributed by atoms with Gasteiger partial charge in [0.05, 0.1) is 23.8 Å². The van der Waals surface area contributed by atoms with Gasteiger partial charge in [-0.15, -0.1) is 0 Å². The number of nitrogens with zero attached hydrogens (tertiary/aromatic N) is 5. The lowest BCUT2D eigenvalue weighted by Gasteiger charge is -2.04. The Morgan fingerprint density at radius 3 is 2.55 bits per heavy atom. The number of pyridine rings is 2. The number of carbonyl (C=O) groups is 1. The van der Waals surface area contributed by atoms with Crippen molar-refractivity contribution < 1.29 is 4.79 Å². The third-order valence-corrected chi connectivity index (χ3v) is 2.42. The van der Waals surface area contributed by atoms with Gasteiger partial charge in [-0.1, -0.05) is 0 Å². The molecule has 2 aromatic rings. The molecule has 0 radical (unpaired) electrons. The van der Waals surface area contributed by atoms with Gasteiger partial charge in [-0.3, -0.25) is 15.2 Å². The van der Waals surface area contributed by atoms with Crippen LogP contribution in [0.15, 0.2) is 48.0 Å². The molecule has 8 heteroatoms. The van der Waals surface area contributed by atoms with Gasteiger partial charge in [-0.25, -0.2) is 4.98 Å². The standard InChI is InChI=1S/C14H9N7O/c15-6-12(7-16)21-20-11-3-4-13(18-9-11)14(22)19-10-2-1-5-17-8-10/h1-5,8-9,20H,(H,19,22). The van der Waals surface area contributed by atoms with Crippen LogP contribution >= 0.6 is 0 Å². The first-order chi connectivity index (χ1) is 10.7. The summed E-state index contributed by atoms with van der Waals surface area (Å²) in [6.45, 7) is 0. The van der Waals surface area contributed by atoms with Gasteiger partial charge in [0.2, 0.25) is 5.71 Å². The fourth-order valence-electron chi connectivity index (χ4n) is 1.42. The van der Waals surface area contributed by atoms with Gasteiger partial charge >= 0.3 is 0 Å². The predicted octanol–water partition coefficient (Wildman–Crippen LogP) is 1.54. The summed E-state index contributed by atoms with van der Waals surface area (Å²) in [5, 5.41) is 23.3. The molecule has 2 heterocycles. The Balaban J connectivity index is 2.03. The minimum atomic E-state index is -0.377. The van der Waals surface area contributed by atoms with Crippen molar-refractivity contribution in [2.45, 2.75) is 0 Å². The van der Waals surface area contributed by atoms with Crippen LogP contribution < -0.4 is 10.7 Å². The highest BCUT2D eigenvalue weighted by Crippen LogP contribution is 2.09. The quantitative estimate of drug-likeness (QED) is 0.649. The van der Waals surface area contributed by atoms with E-state index in [1.54, 1.807) is 36.5 Å². The maximum atomic E-state index is 11.9. The molecule has 1 amide bonds. The van der Waals surface area contributed by atoms with Crippen molar-refractivity contribution in [1.82, 2.24) is 9.97 Å². The Bertz CT molecular complexity index is 754. The number of aromatic nitrogens is 2. The molecule has 0 fully saturated rings. The van der Waals surface area contributed by atoms with Crippen LogP contribution in [0.5, 0.6) is 0 Å². The van der Waals surface area contributed by atoms with Gasteiger partial charge in [0.1, 0.15) is 17.8 Å². The van der Waals surface area contributed by atoms with Crippen molar-refractivity contribution in [1.29, 1.82) is 10.5 Å². The van der Waals surface area contributed by atoms with Crippen LogP contribution in [-0.4, -0.2) is 21.6 Å². The van der Waals surface area contributed by atoms with Crippen molar-refractivity contribution in [3.8, 4) is 12.1 Å². The lowest BCUT2D eigenvalue weighted by molar-refractivity contribution is 0.102. The normalized spacial score (nSPS) is 9.00. The molecule has 2 aromatic heterocycles. The average Bonchev–Trinajstić information content (AvgIpc) is 2.57. The van der Waals surface area contributed by atoms with Crippen LogP contribution in [0.3, 0.4) is 0 Å². The van der Waals surface area contributed by atoms with Crippen LogP contribution in [-0.2, 0) is 0 Å². The molecule has 0 saturated heterocycles.